The van der Waals surface area contributed by atoms with Crippen LogP contribution in [0.5, 0.6) is 5.75 Å². The van der Waals surface area contributed by atoms with Crippen molar-refractivity contribution in [3.8, 4) is 5.75 Å². The first kappa shape index (κ1) is 15.7. The molecule has 1 aliphatic carbocycles. The summed E-state index contributed by atoms with van der Waals surface area (Å²) in [6.45, 7) is -0.136. The van der Waals surface area contributed by atoms with Crippen molar-refractivity contribution in [3.05, 3.63) is 21.1 Å². The summed E-state index contributed by atoms with van der Waals surface area (Å²) >= 11 is 6.39. The van der Waals surface area contributed by atoms with E-state index in [1.807, 2.05) is 0 Å². The van der Waals surface area contributed by atoms with Gasteiger partial charge in [-0.15, -0.1) is 0 Å². The number of sulfonamides is 1. The van der Waals surface area contributed by atoms with Crippen LogP contribution in [0.4, 0.5) is 0 Å². The van der Waals surface area contributed by atoms with E-state index in [2.05, 4.69) is 37.2 Å². The van der Waals surface area contributed by atoms with Crippen LogP contribution < -0.4 is 15.2 Å². The number of benzene rings is 1. The standard InChI is InChI=1S/C11H12Br2N2O4S/c12-8-3-7(20(14,17)18)4-9(13)11(8)19-5-10(16)15-6-1-2-6/h3-4,6H,1-2,5H2,(H,15,16)(H2,14,17,18). The van der Waals surface area contributed by atoms with Gasteiger partial charge in [0.2, 0.25) is 10.0 Å². The van der Waals surface area contributed by atoms with Gasteiger partial charge < -0.3 is 10.1 Å². The van der Waals surface area contributed by atoms with E-state index in [1.54, 1.807) is 0 Å². The zero-order valence-corrected chi connectivity index (χ0v) is 14.2. The molecule has 0 bridgehead atoms. The van der Waals surface area contributed by atoms with Crippen LogP contribution in [-0.2, 0) is 14.8 Å². The van der Waals surface area contributed by atoms with E-state index in [0.29, 0.717) is 14.7 Å². The highest BCUT2D eigenvalue weighted by molar-refractivity contribution is 9.11. The Kier molecular flexibility index (Phi) is 4.73. The number of primary sulfonamides is 1. The number of hydrogen-bond donors (Lipinski definition) is 2. The first-order chi connectivity index (χ1) is 9.27. The number of carbonyl (C=O) groups excluding carboxylic acids is 1. The molecular weight excluding hydrogens is 416 g/mol. The van der Waals surface area contributed by atoms with Crippen molar-refractivity contribution in [2.45, 2.75) is 23.8 Å². The molecule has 0 heterocycles. The summed E-state index contributed by atoms with van der Waals surface area (Å²) in [5.41, 5.74) is 0. The molecule has 6 nitrogen and oxygen atoms in total. The lowest BCUT2D eigenvalue weighted by atomic mass is 10.3. The van der Waals surface area contributed by atoms with Gasteiger partial charge in [0.15, 0.2) is 6.61 Å². The average Bonchev–Trinajstić information content (AvgIpc) is 3.10. The predicted octanol–water partition coefficient (Wildman–Crippen LogP) is 1.52. The number of halogens is 2. The van der Waals surface area contributed by atoms with Gasteiger partial charge in [0.05, 0.1) is 13.8 Å². The van der Waals surface area contributed by atoms with Gasteiger partial charge in [0.1, 0.15) is 5.75 Å². The first-order valence-electron chi connectivity index (χ1n) is 5.71. The Labute approximate surface area is 133 Å². The molecule has 0 atom stereocenters. The fourth-order valence-electron chi connectivity index (χ4n) is 1.47. The normalized spacial score (nSPS) is 14.9. The number of hydrogen-bond acceptors (Lipinski definition) is 4. The van der Waals surface area contributed by atoms with E-state index in [-0.39, 0.29) is 23.5 Å². The highest BCUT2D eigenvalue weighted by atomic mass is 79.9. The van der Waals surface area contributed by atoms with Gasteiger partial charge in [-0.05, 0) is 56.8 Å². The number of rotatable bonds is 5. The van der Waals surface area contributed by atoms with Crippen molar-refractivity contribution in [1.29, 1.82) is 0 Å². The highest BCUT2D eigenvalue weighted by Gasteiger charge is 2.23. The Morgan fingerprint density at radius 3 is 2.35 bits per heavy atom. The van der Waals surface area contributed by atoms with Crippen LogP contribution >= 0.6 is 31.9 Å². The third-order valence-corrected chi connectivity index (χ3v) is 4.66. The molecule has 2 rings (SSSR count). The largest absolute Gasteiger partial charge is 0.481 e. The zero-order chi connectivity index (χ0) is 14.9. The lowest BCUT2D eigenvalue weighted by Crippen LogP contribution is -2.30. The van der Waals surface area contributed by atoms with Crippen molar-refractivity contribution in [3.63, 3.8) is 0 Å². The molecule has 1 saturated carbocycles. The molecule has 9 heteroatoms. The SMILES string of the molecule is NS(=O)(=O)c1cc(Br)c(OCC(=O)NC2CC2)c(Br)c1. The second kappa shape index (κ2) is 6.00. The van der Waals surface area contributed by atoms with E-state index in [0.717, 1.165) is 12.8 Å². The first-order valence-corrected chi connectivity index (χ1v) is 8.84. The molecule has 1 aromatic carbocycles. The number of nitrogens with two attached hydrogens (primary N) is 1. The molecule has 0 radical (unpaired) electrons. The van der Waals surface area contributed by atoms with Crippen molar-refractivity contribution in [2.24, 2.45) is 5.14 Å². The monoisotopic (exact) mass is 426 g/mol. The predicted molar refractivity (Wildman–Crippen MR) is 79.9 cm³/mol. The number of ether oxygens (including phenoxy) is 1. The van der Waals surface area contributed by atoms with Crippen molar-refractivity contribution < 1.29 is 17.9 Å². The van der Waals surface area contributed by atoms with Gasteiger partial charge >= 0.3 is 0 Å². The summed E-state index contributed by atoms with van der Waals surface area (Å²) in [6.07, 6.45) is 2.00. The third-order valence-electron chi connectivity index (χ3n) is 2.59. The summed E-state index contributed by atoms with van der Waals surface area (Å²) in [5.74, 6) is 0.144. The minimum Gasteiger partial charge on any atom is -0.481 e. The van der Waals surface area contributed by atoms with Gasteiger partial charge in [0.25, 0.3) is 5.91 Å². The molecule has 1 amide bonds. The van der Waals surface area contributed by atoms with Crippen LogP contribution in [0.1, 0.15) is 12.8 Å². The quantitative estimate of drug-likeness (QED) is 0.743. The van der Waals surface area contributed by atoms with E-state index in [4.69, 9.17) is 9.88 Å². The van der Waals surface area contributed by atoms with Crippen LogP contribution in [0.2, 0.25) is 0 Å². The number of amides is 1. The summed E-state index contributed by atoms with van der Waals surface area (Å²) in [4.78, 5) is 11.5. The minimum atomic E-state index is -3.80. The van der Waals surface area contributed by atoms with Gasteiger partial charge in [-0.2, -0.15) is 0 Å². The third kappa shape index (κ3) is 4.18. The lowest BCUT2D eigenvalue weighted by Gasteiger charge is -2.11. The van der Waals surface area contributed by atoms with Crippen molar-refractivity contribution in [2.75, 3.05) is 6.61 Å². The lowest BCUT2D eigenvalue weighted by molar-refractivity contribution is -0.123. The summed E-state index contributed by atoms with van der Waals surface area (Å²) in [5, 5.41) is 7.84. The van der Waals surface area contributed by atoms with Crippen LogP contribution in [0.25, 0.3) is 0 Å². The Morgan fingerprint density at radius 1 is 1.35 bits per heavy atom. The van der Waals surface area contributed by atoms with Gasteiger partial charge in [-0.3, -0.25) is 4.79 Å². The molecule has 1 fully saturated rings. The molecule has 3 N–H and O–H groups in total. The molecule has 110 valence electrons. The fraction of sp³-hybridized carbons (Fsp3) is 0.364. The Bertz CT molecular complexity index is 621. The van der Waals surface area contributed by atoms with Crippen LogP contribution in [0.3, 0.4) is 0 Å². The summed E-state index contributed by atoms with van der Waals surface area (Å²) in [6, 6.07) is 2.92. The van der Waals surface area contributed by atoms with Crippen LogP contribution in [0.15, 0.2) is 26.0 Å². The Hall–Kier alpha value is -0.640. The minimum absolute atomic E-state index is 0.0500. The van der Waals surface area contributed by atoms with Gasteiger partial charge in [-0.25, -0.2) is 13.6 Å². The van der Waals surface area contributed by atoms with Crippen LogP contribution in [-0.4, -0.2) is 27.0 Å². The van der Waals surface area contributed by atoms with Crippen molar-refractivity contribution in [1.82, 2.24) is 5.32 Å². The highest BCUT2D eigenvalue weighted by Crippen LogP contribution is 2.35. The average molecular weight is 428 g/mol. The fourth-order valence-corrected chi connectivity index (χ4v) is 3.76. The number of carbonyl (C=O) groups is 1. The van der Waals surface area contributed by atoms with Crippen molar-refractivity contribution >= 4 is 47.8 Å². The molecule has 0 aromatic heterocycles. The summed E-state index contributed by atoms with van der Waals surface area (Å²) in [7, 11) is -3.80. The zero-order valence-electron chi connectivity index (χ0n) is 10.2. The molecule has 0 aliphatic heterocycles. The Morgan fingerprint density at radius 2 is 1.90 bits per heavy atom. The van der Waals surface area contributed by atoms with E-state index in [9.17, 15) is 13.2 Å². The molecule has 1 aromatic rings. The molecule has 0 unspecified atom stereocenters. The molecule has 1 aliphatic rings. The molecular formula is C11H12Br2N2O4S. The molecule has 0 saturated heterocycles. The number of nitrogens with one attached hydrogen (secondary N) is 1. The maximum atomic E-state index is 11.5. The topological polar surface area (TPSA) is 98.5 Å². The van der Waals surface area contributed by atoms with E-state index < -0.39 is 10.0 Å². The van der Waals surface area contributed by atoms with E-state index in [1.165, 1.54) is 12.1 Å². The van der Waals surface area contributed by atoms with E-state index >= 15 is 0 Å². The smallest absolute Gasteiger partial charge is 0.258 e. The maximum Gasteiger partial charge on any atom is 0.258 e. The molecule has 20 heavy (non-hydrogen) atoms. The molecule has 0 spiro atoms. The van der Waals surface area contributed by atoms with Crippen LogP contribution in [0, 0.1) is 0 Å². The second-order valence-electron chi connectivity index (χ2n) is 4.39. The van der Waals surface area contributed by atoms with Gasteiger partial charge in [0, 0.05) is 6.04 Å². The maximum absolute atomic E-state index is 11.5. The summed E-state index contributed by atoms with van der Waals surface area (Å²) < 4.78 is 28.7. The Balaban J connectivity index is 2.09. The van der Waals surface area contributed by atoms with Gasteiger partial charge in [-0.1, -0.05) is 0 Å². The second-order valence-corrected chi connectivity index (χ2v) is 7.66.